The Morgan fingerprint density at radius 1 is 1.19 bits per heavy atom. The Kier molecular flexibility index (Phi) is 3.20. The van der Waals surface area contributed by atoms with Crippen LogP contribution in [0.15, 0.2) is 22.3 Å². The zero-order chi connectivity index (χ0) is 12.7. The summed E-state index contributed by atoms with van der Waals surface area (Å²) < 4.78 is 5.31. The summed E-state index contributed by atoms with van der Waals surface area (Å²) >= 11 is 0. The number of ether oxygens (including phenoxy) is 1. The van der Waals surface area contributed by atoms with Crippen LogP contribution < -0.4 is 0 Å². The van der Waals surface area contributed by atoms with E-state index in [0.29, 0.717) is 16.7 Å². The molecule has 0 bridgehead atoms. The fourth-order valence-electron chi connectivity index (χ4n) is 2.18. The number of methoxy groups -OCH3 is 1. The van der Waals surface area contributed by atoms with E-state index in [9.17, 15) is 9.59 Å². The Hall–Kier alpha value is -1.22. The SMILES string of the molecule is COC1(C)C(=O)C(C)=C(C)C(C(C)=O)=C1C. The van der Waals surface area contributed by atoms with E-state index in [1.54, 1.807) is 20.8 Å². The average molecular weight is 222 g/mol. The van der Waals surface area contributed by atoms with E-state index in [1.165, 1.54) is 14.0 Å². The Morgan fingerprint density at radius 2 is 1.69 bits per heavy atom. The summed E-state index contributed by atoms with van der Waals surface area (Å²) in [5.41, 5.74) is 1.71. The molecule has 1 aliphatic rings. The quantitative estimate of drug-likeness (QED) is 0.719. The van der Waals surface area contributed by atoms with Gasteiger partial charge in [-0.3, -0.25) is 9.59 Å². The highest BCUT2D eigenvalue weighted by atomic mass is 16.5. The summed E-state index contributed by atoms with van der Waals surface area (Å²) in [6.07, 6.45) is 0. The summed E-state index contributed by atoms with van der Waals surface area (Å²) in [7, 11) is 1.49. The highest BCUT2D eigenvalue weighted by Gasteiger charge is 2.42. The zero-order valence-corrected chi connectivity index (χ0v) is 10.7. The van der Waals surface area contributed by atoms with Gasteiger partial charge in [0, 0.05) is 12.7 Å². The number of allylic oxidation sites excluding steroid dienone is 2. The minimum atomic E-state index is -0.995. The number of Topliss-reactive ketones (excluding diaryl/α,β-unsaturated/α-hetero) is 2. The van der Waals surface area contributed by atoms with E-state index in [-0.39, 0.29) is 11.6 Å². The van der Waals surface area contributed by atoms with Gasteiger partial charge in [0.15, 0.2) is 11.6 Å². The summed E-state index contributed by atoms with van der Waals surface area (Å²) in [5, 5.41) is 0. The molecule has 1 atom stereocenters. The third-order valence-corrected chi connectivity index (χ3v) is 3.56. The van der Waals surface area contributed by atoms with Crippen LogP contribution in [0.2, 0.25) is 0 Å². The van der Waals surface area contributed by atoms with E-state index in [0.717, 1.165) is 5.57 Å². The standard InChI is InChI=1S/C13H18O3/c1-7-8(2)12(15)13(5,16-6)9(3)11(7)10(4)14/h1-6H3. The van der Waals surface area contributed by atoms with Crippen LogP contribution in [-0.4, -0.2) is 24.3 Å². The molecular formula is C13H18O3. The molecule has 1 aliphatic carbocycles. The predicted octanol–water partition coefficient (Wildman–Crippen LogP) is 2.22. The molecule has 3 heteroatoms. The molecule has 1 rings (SSSR count). The molecule has 3 nitrogen and oxygen atoms in total. The van der Waals surface area contributed by atoms with Crippen molar-refractivity contribution in [3.63, 3.8) is 0 Å². The minimum absolute atomic E-state index is 0.0230. The van der Waals surface area contributed by atoms with Gasteiger partial charge >= 0.3 is 0 Å². The van der Waals surface area contributed by atoms with Crippen LogP contribution in [0.3, 0.4) is 0 Å². The second-order valence-corrected chi connectivity index (χ2v) is 4.37. The van der Waals surface area contributed by atoms with Crippen molar-refractivity contribution in [3.05, 3.63) is 22.3 Å². The number of rotatable bonds is 2. The second-order valence-electron chi connectivity index (χ2n) is 4.37. The van der Waals surface area contributed by atoms with Gasteiger partial charge in [0.1, 0.15) is 5.60 Å². The Balaban J connectivity index is 3.56. The lowest BCUT2D eigenvalue weighted by molar-refractivity contribution is -0.131. The van der Waals surface area contributed by atoms with Crippen LogP contribution in [0.25, 0.3) is 0 Å². The van der Waals surface area contributed by atoms with Gasteiger partial charge < -0.3 is 4.74 Å². The lowest BCUT2D eigenvalue weighted by Crippen LogP contribution is -2.43. The number of hydrogen-bond donors (Lipinski definition) is 0. The molecule has 0 saturated carbocycles. The first-order valence-corrected chi connectivity index (χ1v) is 5.27. The first-order chi connectivity index (χ1) is 7.27. The molecule has 0 aliphatic heterocycles. The normalized spacial score (nSPS) is 26.5. The fraction of sp³-hybridized carbons (Fsp3) is 0.538. The summed E-state index contributed by atoms with van der Waals surface area (Å²) in [5.74, 6) is -0.0832. The van der Waals surface area contributed by atoms with Gasteiger partial charge in [-0.25, -0.2) is 0 Å². The smallest absolute Gasteiger partial charge is 0.194 e. The van der Waals surface area contributed by atoms with E-state index < -0.39 is 5.60 Å². The van der Waals surface area contributed by atoms with E-state index >= 15 is 0 Å². The van der Waals surface area contributed by atoms with Gasteiger partial charge in [-0.1, -0.05) is 0 Å². The lowest BCUT2D eigenvalue weighted by Gasteiger charge is -2.34. The fourth-order valence-corrected chi connectivity index (χ4v) is 2.18. The van der Waals surface area contributed by atoms with Crippen LogP contribution in [0.5, 0.6) is 0 Å². The van der Waals surface area contributed by atoms with Crippen molar-refractivity contribution in [1.29, 1.82) is 0 Å². The molecule has 16 heavy (non-hydrogen) atoms. The van der Waals surface area contributed by atoms with Crippen molar-refractivity contribution in [1.82, 2.24) is 0 Å². The molecular weight excluding hydrogens is 204 g/mol. The van der Waals surface area contributed by atoms with Crippen molar-refractivity contribution in [2.24, 2.45) is 0 Å². The number of carbonyl (C=O) groups excluding carboxylic acids is 2. The van der Waals surface area contributed by atoms with Gasteiger partial charge in [0.25, 0.3) is 0 Å². The van der Waals surface area contributed by atoms with Gasteiger partial charge in [0.2, 0.25) is 0 Å². The Morgan fingerprint density at radius 3 is 2.06 bits per heavy atom. The molecule has 0 saturated heterocycles. The number of carbonyl (C=O) groups is 2. The molecule has 0 N–H and O–H groups in total. The highest BCUT2D eigenvalue weighted by molar-refractivity contribution is 6.12. The van der Waals surface area contributed by atoms with Crippen molar-refractivity contribution in [3.8, 4) is 0 Å². The van der Waals surface area contributed by atoms with Crippen LogP contribution in [-0.2, 0) is 14.3 Å². The molecule has 0 amide bonds. The summed E-state index contributed by atoms with van der Waals surface area (Å²) in [6.45, 7) is 8.56. The molecule has 0 aromatic heterocycles. The largest absolute Gasteiger partial charge is 0.366 e. The second kappa shape index (κ2) is 3.98. The van der Waals surface area contributed by atoms with Crippen molar-refractivity contribution < 1.29 is 14.3 Å². The van der Waals surface area contributed by atoms with E-state index in [2.05, 4.69) is 0 Å². The molecule has 1 unspecified atom stereocenters. The predicted molar refractivity (Wildman–Crippen MR) is 62.2 cm³/mol. The lowest BCUT2D eigenvalue weighted by atomic mass is 9.76. The van der Waals surface area contributed by atoms with E-state index in [4.69, 9.17) is 4.74 Å². The molecule has 0 spiro atoms. The van der Waals surface area contributed by atoms with Crippen LogP contribution in [0.4, 0.5) is 0 Å². The van der Waals surface area contributed by atoms with Crippen molar-refractivity contribution in [2.75, 3.05) is 7.11 Å². The maximum Gasteiger partial charge on any atom is 0.194 e. The molecule has 88 valence electrons. The minimum Gasteiger partial charge on any atom is -0.366 e. The average Bonchev–Trinajstić information content (AvgIpc) is 2.23. The Labute approximate surface area is 96.2 Å². The Bertz CT molecular complexity index is 426. The number of ketones is 2. The topological polar surface area (TPSA) is 43.4 Å². The molecule has 0 aromatic rings. The highest BCUT2D eigenvalue weighted by Crippen LogP contribution is 2.36. The first-order valence-electron chi connectivity index (χ1n) is 5.27. The first kappa shape index (κ1) is 12.8. The zero-order valence-electron chi connectivity index (χ0n) is 10.7. The third-order valence-electron chi connectivity index (χ3n) is 3.56. The molecule has 0 radical (unpaired) electrons. The molecule has 0 aromatic carbocycles. The van der Waals surface area contributed by atoms with Crippen LogP contribution >= 0.6 is 0 Å². The van der Waals surface area contributed by atoms with Gasteiger partial charge in [-0.05, 0) is 51.3 Å². The van der Waals surface area contributed by atoms with Crippen molar-refractivity contribution in [2.45, 2.75) is 40.2 Å². The monoisotopic (exact) mass is 222 g/mol. The van der Waals surface area contributed by atoms with Crippen molar-refractivity contribution >= 4 is 11.6 Å². The van der Waals surface area contributed by atoms with E-state index in [1.807, 2.05) is 6.92 Å². The number of hydrogen-bond acceptors (Lipinski definition) is 3. The molecule has 0 fully saturated rings. The maximum absolute atomic E-state index is 12.1. The maximum atomic E-state index is 12.1. The summed E-state index contributed by atoms with van der Waals surface area (Å²) in [4.78, 5) is 23.8. The summed E-state index contributed by atoms with van der Waals surface area (Å²) in [6, 6.07) is 0. The van der Waals surface area contributed by atoms with Gasteiger partial charge in [-0.15, -0.1) is 0 Å². The van der Waals surface area contributed by atoms with Crippen LogP contribution in [0.1, 0.15) is 34.6 Å². The third kappa shape index (κ3) is 1.55. The molecule has 0 heterocycles. The van der Waals surface area contributed by atoms with Gasteiger partial charge in [0.05, 0.1) is 0 Å². The van der Waals surface area contributed by atoms with Gasteiger partial charge in [-0.2, -0.15) is 0 Å². The van der Waals surface area contributed by atoms with Crippen LogP contribution in [0, 0.1) is 0 Å².